The van der Waals surface area contributed by atoms with Crippen LogP contribution in [0.3, 0.4) is 0 Å². The van der Waals surface area contributed by atoms with Gasteiger partial charge >= 0.3 is 0 Å². The number of aliphatic hydroxyl groups excluding tert-OH is 1. The van der Waals surface area contributed by atoms with Crippen LogP contribution in [0.5, 0.6) is 11.5 Å². The summed E-state index contributed by atoms with van der Waals surface area (Å²) >= 11 is 0. The van der Waals surface area contributed by atoms with Gasteiger partial charge in [-0.25, -0.2) is 0 Å². The van der Waals surface area contributed by atoms with Crippen molar-refractivity contribution in [3.05, 3.63) is 23.8 Å². The van der Waals surface area contributed by atoms with Crippen LogP contribution in [0.1, 0.15) is 115 Å². The molecule has 6 N–H and O–H groups in total. The SMILES string of the molecule is CCCCCCCCCCC#CC#CCCCCCCC(=O)NCCOCCOCCOCCC(=O)N[C@@H](Cc1ccc(O)c(O)c1)C(=O)NCCO. The van der Waals surface area contributed by atoms with Crippen LogP contribution in [-0.2, 0) is 35.0 Å². The first-order chi connectivity index (χ1) is 25.9. The maximum absolute atomic E-state index is 12.5. The molecular weight excluding hydrogens is 678 g/mol. The summed E-state index contributed by atoms with van der Waals surface area (Å²) < 4.78 is 16.4. The van der Waals surface area contributed by atoms with Crippen molar-refractivity contribution in [1.82, 2.24) is 16.0 Å². The Kier molecular flexibility index (Phi) is 30.3. The van der Waals surface area contributed by atoms with Crippen molar-refractivity contribution in [3.8, 4) is 35.2 Å². The lowest BCUT2D eigenvalue weighted by atomic mass is 10.0. The summed E-state index contributed by atoms with van der Waals surface area (Å²) in [6.45, 7) is 4.34. The summed E-state index contributed by atoms with van der Waals surface area (Å²) in [5.41, 5.74) is 0.534. The van der Waals surface area contributed by atoms with E-state index < -0.39 is 17.9 Å². The summed E-state index contributed by atoms with van der Waals surface area (Å²) in [5.74, 6) is 10.8. The van der Waals surface area contributed by atoms with E-state index >= 15 is 0 Å². The van der Waals surface area contributed by atoms with Crippen LogP contribution in [0.4, 0.5) is 0 Å². The van der Waals surface area contributed by atoms with E-state index in [1.165, 1.54) is 69.6 Å². The molecule has 0 aliphatic heterocycles. The lowest BCUT2D eigenvalue weighted by molar-refractivity contribution is -0.129. The molecule has 3 amide bonds. The van der Waals surface area contributed by atoms with E-state index in [1.807, 2.05) is 0 Å². The Morgan fingerprint density at radius 1 is 0.660 bits per heavy atom. The molecule has 1 rings (SSSR count). The van der Waals surface area contributed by atoms with E-state index in [4.69, 9.17) is 19.3 Å². The van der Waals surface area contributed by atoms with Gasteiger partial charge in [0.15, 0.2) is 11.5 Å². The van der Waals surface area contributed by atoms with E-state index in [1.54, 1.807) is 0 Å². The number of ether oxygens (including phenoxy) is 3. The molecule has 298 valence electrons. The third-order valence-electron chi connectivity index (χ3n) is 8.18. The number of amides is 3. The third-order valence-corrected chi connectivity index (χ3v) is 8.18. The number of hydrogen-bond acceptors (Lipinski definition) is 9. The quantitative estimate of drug-likeness (QED) is 0.0348. The topological polar surface area (TPSA) is 176 Å². The molecule has 0 bridgehead atoms. The van der Waals surface area contributed by atoms with E-state index in [-0.39, 0.29) is 56.6 Å². The van der Waals surface area contributed by atoms with Crippen LogP contribution in [-0.4, -0.2) is 98.4 Å². The van der Waals surface area contributed by atoms with Crippen LogP contribution in [0.25, 0.3) is 0 Å². The average molecular weight is 744 g/mol. The fourth-order valence-corrected chi connectivity index (χ4v) is 5.18. The number of carbonyl (C=O) groups is 3. The number of phenols is 2. The fourth-order valence-electron chi connectivity index (χ4n) is 5.18. The van der Waals surface area contributed by atoms with Crippen LogP contribution in [0.2, 0.25) is 0 Å². The first kappa shape index (κ1) is 47.2. The highest BCUT2D eigenvalue weighted by Crippen LogP contribution is 2.25. The number of aliphatic hydroxyl groups is 1. The number of unbranched alkanes of at least 4 members (excludes halogenated alkanes) is 12. The number of phenolic OH excluding ortho intramolecular Hbond substituents is 2. The van der Waals surface area contributed by atoms with Crippen molar-refractivity contribution in [2.45, 2.75) is 122 Å². The number of rotatable bonds is 32. The van der Waals surface area contributed by atoms with Crippen molar-refractivity contribution < 1.29 is 43.9 Å². The van der Waals surface area contributed by atoms with Gasteiger partial charge in [-0.05, 0) is 48.8 Å². The van der Waals surface area contributed by atoms with Gasteiger partial charge in [0.05, 0.1) is 46.2 Å². The Morgan fingerprint density at radius 3 is 1.87 bits per heavy atom. The van der Waals surface area contributed by atoms with Crippen LogP contribution in [0.15, 0.2) is 18.2 Å². The van der Waals surface area contributed by atoms with Crippen molar-refractivity contribution >= 4 is 17.7 Å². The summed E-state index contributed by atoms with van der Waals surface area (Å²) in [7, 11) is 0. The molecule has 53 heavy (non-hydrogen) atoms. The molecule has 0 aliphatic rings. The molecule has 1 atom stereocenters. The first-order valence-corrected chi connectivity index (χ1v) is 19.5. The highest BCUT2D eigenvalue weighted by atomic mass is 16.5. The molecule has 0 fully saturated rings. The number of nitrogens with one attached hydrogen (secondary N) is 3. The molecule has 1 aromatic rings. The minimum absolute atomic E-state index is 0.0180. The second-order valence-corrected chi connectivity index (χ2v) is 12.8. The average Bonchev–Trinajstić information content (AvgIpc) is 3.14. The summed E-state index contributed by atoms with van der Waals surface area (Å²) in [4.78, 5) is 37.0. The highest BCUT2D eigenvalue weighted by molar-refractivity contribution is 5.87. The normalized spacial score (nSPS) is 11.1. The summed E-state index contributed by atoms with van der Waals surface area (Å²) in [5, 5.41) is 36.3. The molecule has 0 aromatic heterocycles. The zero-order valence-corrected chi connectivity index (χ0v) is 32.0. The molecule has 0 radical (unpaired) electrons. The molecule has 12 heteroatoms. The van der Waals surface area contributed by atoms with Crippen molar-refractivity contribution in [2.24, 2.45) is 0 Å². The van der Waals surface area contributed by atoms with Gasteiger partial charge in [-0.2, -0.15) is 0 Å². The number of aromatic hydroxyl groups is 2. The maximum atomic E-state index is 12.5. The van der Waals surface area contributed by atoms with Crippen molar-refractivity contribution in [2.75, 3.05) is 59.3 Å². The monoisotopic (exact) mass is 743 g/mol. The molecule has 0 heterocycles. The second kappa shape index (κ2) is 34.0. The van der Waals surface area contributed by atoms with E-state index in [0.717, 1.165) is 38.5 Å². The Balaban J connectivity index is 1.96. The van der Waals surface area contributed by atoms with Crippen LogP contribution in [0, 0.1) is 23.7 Å². The molecule has 1 aromatic carbocycles. The van der Waals surface area contributed by atoms with E-state index in [0.29, 0.717) is 45.0 Å². The van der Waals surface area contributed by atoms with Crippen molar-refractivity contribution in [3.63, 3.8) is 0 Å². The van der Waals surface area contributed by atoms with Gasteiger partial charge in [0.25, 0.3) is 0 Å². The van der Waals surface area contributed by atoms with Gasteiger partial charge in [-0.3, -0.25) is 14.4 Å². The number of carbonyl (C=O) groups excluding carboxylic acids is 3. The van der Waals surface area contributed by atoms with Crippen molar-refractivity contribution in [1.29, 1.82) is 0 Å². The Hall–Kier alpha value is -3.81. The largest absolute Gasteiger partial charge is 0.504 e. The standard InChI is InChI=1S/C41H65N3O9/c1-2-3-4-5-6-7-8-9-10-11-12-13-14-15-16-17-18-19-20-39(48)42-25-28-52-30-32-53-31-29-51-27-23-40(49)44-36(41(50)43-24-26-45)33-35-21-22-37(46)38(47)34-35/h21-22,34,36,45-47H,2-10,15-20,23-33H2,1H3,(H,42,48)(H,43,50)(H,44,49)/t36-/m0/s1. The van der Waals surface area contributed by atoms with Crippen LogP contribution >= 0.6 is 0 Å². The lowest BCUT2D eigenvalue weighted by Gasteiger charge is -2.19. The first-order valence-electron chi connectivity index (χ1n) is 19.5. The zero-order chi connectivity index (χ0) is 38.6. The minimum Gasteiger partial charge on any atom is -0.504 e. The lowest BCUT2D eigenvalue weighted by Crippen LogP contribution is -2.48. The predicted octanol–water partition coefficient (Wildman–Crippen LogP) is 4.67. The Labute approximate surface area is 317 Å². The zero-order valence-electron chi connectivity index (χ0n) is 32.0. The fraction of sp³-hybridized carbons (Fsp3) is 0.683. The molecule has 0 unspecified atom stereocenters. The predicted molar refractivity (Wildman–Crippen MR) is 206 cm³/mol. The number of benzene rings is 1. The summed E-state index contributed by atoms with van der Waals surface area (Å²) in [6.07, 6.45) is 16.8. The van der Waals surface area contributed by atoms with Gasteiger partial charge in [-0.15, -0.1) is 0 Å². The number of hydrogen-bond donors (Lipinski definition) is 6. The van der Waals surface area contributed by atoms with Gasteiger partial charge < -0.3 is 45.5 Å². The molecule has 0 spiro atoms. The van der Waals surface area contributed by atoms with E-state index in [2.05, 4.69) is 46.6 Å². The molecular formula is C41H65N3O9. The molecule has 12 nitrogen and oxygen atoms in total. The Morgan fingerprint density at radius 2 is 1.25 bits per heavy atom. The van der Waals surface area contributed by atoms with Gasteiger partial charge in [-0.1, -0.05) is 82.6 Å². The van der Waals surface area contributed by atoms with Gasteiger partial charge in [0.1, 0.15) is 6.04 Å². The van der Waals surface area contributed by atoms with E-state index in [9.17, 15) is 24.6 Å². The molecule has 0 aliphatic carbocycles. The van der Waals surface area contributed by atoms with Gasteiger partial charge in [0.2, 0.25) is 17.7 Å². The molecule has 0 saturated carbocycles. The highest BCUT2D eigenvalue weighted by Gasteiger charge is 2.21. The third kappa shape index (κ3) is 28.4. The molecule has 0 saturated heterocycles. The Bertz CT molecular complexity index is 1250. The maximum Gasteiger partial charge on any atom is 0.243 e. The van der Waals surface area contributed by atoms with Gasteiger partial charge in [0, 0.05) is 45.2 Å². The van der Waals surface area contributed by atoms with Crippen LogP contribution < -0.4 is 16.0 Å². The second-order valence-electron chi connectivity index (χ2n) is 12.8. The summed E-state index contributed by atoms with van der Waals surface area (Å²) in [6, 6.07) is 3.22. The minimum atomic E-state index is -0.944. The smallest absolute Gasteiger partial charge is 0.243 e.